The smallest absolute Gasteiger partial charge is 0.224 e. The fourth-order valence-electron chi connectivity index (χ4n) is 1.66. The van der Waals surface area contributed by atoms with Gasteiger partial charge in [0.05, 0.1) is 12.2 Å². The van der Waals surface area contributed by atoms with Gasteiger partial charge in [-0.15, -0.1) is 0 Å². The number of nitrogens with two attached hydrogens (primary N) is 1. The minimum atomic E-state index is 0.238. The van der Waals surface area contributed by atoms with Crippen molar-refractivity contribution in [2.45, 2.75) is 41.0 Å². The fourth-order valence-corrected chi connectivity index (χ4v) is 1.91. The van der Waals surface area contributed by atoms with Crippen LogP contribution < -0.4 is 10.5 Å². The molecule has 18 heavy (non-hydrogen) atoms. The maximum atomic E-state index is 5.76. The van der Waals surface area contributed by atoms with Gasteiger partial charge in [0.2, 0.25) is 5.88 Å². The predicted octanol–water partition coefficient (Wildman–Crippen LogP) is 3.15. The lowest BCUT2D eigenvalue weighted by Crippen LogP contribution is -2.17. The maximum absolute atomic E-state index is 5.76. The van der Waals surface area contributed by atoms with Crippen molar-refractivity contribution in [2.75, 3.05) is 6.61 Å². The number of aryl methyl sites for hydroxylation is 2. The molecule has 0 bridgehead atoms. The van der Waals surface area contributed by atoms with Crippen molar-refractivity contribution < 1.29 is 4.74 Å². The van der Waals surface area contributed by atoms with Crippen molar-refractivity contribution in [3.63, 3.8) is 0 Å². The summed E-state index contributed by atoms with van der Waals surface area (Å²) < 4.78 is 5.76. The van der Waals surface area contributed by atoms with E-state index in [4.69, 9.17) is 22.7 Å². The van der Waals surface area contributed by atoms with Crippen LogP contribution in [0.15, 0.2) is 6.07 Å². The molecule has 0 aliphatic heterocycles. The largest absolute Gasteiger partial charge is 0.477 e. The Hall–Kier alpha value is -1.16. The first kappa shape index (κ1) is 14.9. The second-order valence-corrected chi connectivity index (χ2v) is 6.22. The third-order valence-electron chi connectivity index (χ3n) is 2.65. The lowest BCUT2D eigenvalue weighted by molar-refractivity contribution is 0.235. The number of hydrogen-bond donors (Lipinski definition) is 1. The standard InChI is InChI=1S/C14H22N2OS/c1-9-8-10(2)16-13(11(9)12(15)18)17-7-6-14(3,4)5/h8H,6-7H2,1-5H3,(H2,15,18). The van der Waals surface area contributed by atoms with Crippen molar-refractivity contribution in [3.05, 3.63) is 22.9 Å². The molecule has 2 N–H and O–H groups in total. The third-order valence-corrected chi connectivity index (χ3v) is 2.85. The average Bonchev–Trinajstić information content (AvgIpc) is 2.13. The zero-order valence-corrected chi connectivity index (χ0v) is 12.6. The summed E-state index contributed by atoms with van der Waals surface area (Å²) in [6, 6.07) is 1.96. The van der Waals surface area contributed by atoms with E-state index in [-0.39, 0.29) is 5.41 Å². The van der Waals surface area contributed by atoms with Crippen LogP contribution in [-0.2, 0) is 0 Å². The van der Waals surface area contributed by atoms with Crippen molar-refractivity contribution in [1.29, 1.82) is 0 Å². The van der Waals surface area contributed by atoms with Crippen LogP contribution in [0.4, 0.5) is 0 Å². The molecule has 1 rings (SSSR count). The highest BCUT2D eigenvalue weighted by Gasteiger charge is 2.15. The van der Waals surface area contributed by atoms with Crippen LogP contribution >= 0.6 is 12.2 Å². The molecule has 3 nitrogen and oxygen atoms in total. The van der Waals surface area contributed by atoms with Crippen LogP contribution in [0.5, 0.6) is 5.88 Å². The molecule has 0 aromatic carbocycles. The molecule has 0 spiro atoms. The van der Waals surface area contributed by atoms with Crippen LogP contribution in [0.2, 0.25) is 0 Å². The first-order chi connectivity index (χ1) is 8.20. The molecule has 1 heterocycles. The molecule has 0 aliphatic carbocycles. The van der Waals surface area contributed by atoms with E-state index in [9.17, 15) is 0 Å². The molecule has 0 atom stereocenters. The van der Waals surface area contributed by atoms with E-state index in [2.05, 4.69) is 25.8 Å². The molecule has 1 aromatic heterocycles. The SMILES string of the molecule is Cc1cc(C)c(C(N)=S)c(OCCC(C)(C)C)n1. The molecule has 0 fully saturated rings. The second kappa shape index (κ2) is 5.65. The van der Waals surface area contributed by atoms with Gasteiger partial charge in [-0.25, -0.2) is 4.98 Å². The molecular formula is C14H22N2OS. The number of thiocarbonyl (C=S) groups is 1. The third kappa shape index (κ3) is 4.26. The van der Waals surface area contributed by atoms with Crippen LogP contribution in [0.1, 0.15) is 44.0 Å². The van der Waals surface area contributed by atoms with Crippen LogP contribution in [0.25, 0.3) is 0 Å². The van der Waals surface area contributed by atoms with Crippen molar-refractivity contribution in [2.24, 2.45) is 11.1 Å². The molecular weight excluding hydrogens is 244 g/mol. The Kier molecular flexibility index (Phi) is 4.68. The van der Waals surface area contributed by atoms with Crippen molar-refractivity contribution in [3.8, 4) is 5.88 Å². The van der Waals surface area contributed by atoms with E-state index in [0.29, 0.717) is 17.5 Å². The molecule has 0 aliphatic rings. The quantitative estimate of drug-likeness (QED) is 0.851. The number of ether oxygens (including phenoxy) is 1. The van der Waals surface area contributed by atoms with Crippen LogP contribution in [-0.4, -0.2) is 16.6 Å². The molecule has 0 saturated heterocycles. The molecule has 0 saturated carbocycles. The monoisotopic (exact) mass is 266 g/mol. The summed E-state index contributed by atoms with van der Waals surface area (Å²) in [5.74, 6) is 0.559. The minimum Gasteiger partial charge on any atom is -0.477 e. The first-order valence-corrected chi connectivity index (χ1v) is 6.52. The maximum Gasteiger partial charge on any atom is 0.224 e. The van der Waals surface area contributed by atoms with Gasteiger partial charge in [-0.3, -0.25) is 0 Å². The van der Waals surface area contributed by atoms with Gasteiger partial charge in [-0.2, -0.15) is 0 Å². The Morgan fingerprint density at radius 1 is 1.39 bits per heavy atom. The van der Waals surface area contributed by atoms with E-state index in [1.807, 2.05) is 19.9 Å². The minimum absolute atomic E-state index is 0.238. The highest BCUT2D eigenvalue weighted by Crippen LogP contribution is 2.23. The van der Waals surface area contributed by atoms with E-state index >= 15 is 0 Å². The van der Waals surface area contributed by atoms with E-state index < -0.39 is 0 Å². The predicted molar refractivity (Wildman–Crippen MR) is 79.2 cm³/mol. The van der Waals surface area contributed by atoms with Gasteiger partial charge >= 0.3 is 0 Å². The molecule has 0 amide bonds. The summed E-state index contributed by atoms with van der Waals surface area (Å²) in [5.41, 5.74) is 8.66. The van der Waals surface area contributed by atoms with Crippen molar-refractivity contribution >= 4 is 17.2 Å². The number of hydrogen-bond acceptors (Lipinski definition) is 3. The zero-order valence-electron chi connectivity index (χ0n) is 11.8. The van der Waals surface area contributed by atoms with Crippen molar-refractivity contribution in [1.82, 2.24) is 4.98 Å². The highest BCUT2D eigenvalue weighted by molar-refractivity contribution is 7.80. The van der Waals surface area contributed by atoms with Crippen LogP contribution in [0, 0.1) is 19.3 Å². The van der Waals surface area contributed by atoms with E-state index in [0.717, 1.165) is 23.2 Å². The molecule has 4 heteroatoms. The summed E-state index contributed by atoms with van der Waals surface area (Å²) >= 11 is 5.06. The fraction of sp³-hybridized carbons (Fsp3) is 0.571. The van der Waals surface area contributed by atoms with Gasteiger partial charge in [-0.05, 0) is 37.3 Å². The van der Waals surface area contributed by atoms with E-state index in [1.165, 1.54) is 0 Å². The lowest BCUT2D eigenvalue weighted by Gasteiger charge is -2.19. The van der Waals surface area contributed by atoms with Gasteiger partial charge in [0, 0.05) is 5.69 Å². The zero-order chi connectivity index (χ0) is 13.9. The lowest BCUT2D eigenvalue weighted by atomic mass is 9.93. The van der Waals surface area contributed by atoms with E-state index in [1.54, 1.807) is 0 Å². The number of pyridine rings is 1. The summed E-state index contributed by atoms with van der Waals surface area (Å²) in [6.07, 6.45) is 0.957. The number of rotatable bonds is 4. The molecule has 0 radical (unpaired) electrons. The summed E-state index contributed by atoms with van der Waals surface area (Å²) in [6.45, 7) is 11.1. The second-order valence-electron chi connectivity index (χ2n) is 5.78. The van der Waals surface area contributed by atoms with Gasteiger partial charge in [-0.1, -0.05) is 33.0 Å². The van der Waals surface area contributed by atoms with Gasteiger partial charge < -0.3 is 10.5 Å². The average molecular weight is 266 g/mol. The first-order valence-electron chi connectivity index (χ1n) is 6.11. The van der Waals surface area contributed by atoms with Gasteiger partial charge in [0.1, 0.15) is 4.99 Å². The molecule has 100 valence electrons. The topological polar surface area (TPSA) is 48.1 Å². The Morgan fingerprint density at radius 2 is 2.00 bits per heavy atom. The molecule has 1 aromatic rings. The molecule has 0 unspecified atom stereocenters. The number of nitrogens with zero attached hydrogens (tertiary/aromatic N) is 1. The number of aromatic nitrogens is 1. The summed E-state index contributed by atoms with van der Waals surface area (Å²) in [4.78, 5) is 4.72. The highest BCUT2D eigenvalue weighted by atomic mass is 32.1. The summed E-state index contributed by atoms with van der Waals surface area (Å²) in [7, 11) is 0. The Morgan fingerprint density at radius 3 is 2.50 bits per heavy atom. The van der Waals surface area contributed by atoms with Gasteiger partial charge in [0.25, 0.3) is 0 Å². The Labute approximate surface area is 115 Å². The van der Waals surface area contributed by atoms with Gasteiger partial charge in [0.15, 0.2) is 0 Å². The Balaban J connectivity index is 2.90. The van der Waals surface area contributed by atoms with Crippen LogP contribution in [0.3, 0.4) is 0 Å². The Bertz CT molecular complexity index is 450. The summed E-state index contributed by atoms with van der Waals surface area (Å²) in [5, 5.41) is 0. The normalized spacial score (nSPS) is 11.4.